The molecule has 0 aromatic heterocycles. The number of amides is 1. The Hall–Kier alpha value is -1.68. The molecule has 4 heteroatoms. The Bertz CT molecular complexity index is 557. The highest BCUT2D eigenvalue weighted by Crippen LogP contribution is 2.29. The summed E-state index contributed by atoms with van der Waals surface area (Å²) >= 11 is 0. The Morgan fingerprint density at radius 2 is 1.95 bits per heavy atom. The smallest absolute Gasteiger partial charge is 0.253 e. The van der Waals surface area contributed by atoms with Crippen LogP contribution in [0.25, 0.3) is 0 Å². The van der Waals surface area contributed by atoms with Crippen molar-refractivity contribution in [2.24, 2.45) is 4.99 Å². The monoisotopic (exact) mass is 257 g/mol. The first kappa shape index (κ1) is 12.4. The van der Waals surface area contributed by atoms with Gasteiger partial charge >= 0.3 is 0 Å². The van der Waals surface area contributed by atoms with Crippen molar-refractivity contribution in [1.82, 2.24) is 10.6 Å². The van der Waals surface area contributed by atoms with Gasteiger partial charge in [-0.2, -0.15) is 0 Å². The summed E-state index contributed by atoms with van der Waals surface area (Å²) in [5.41, 5.74) is 2.92. The van der Waals surface area contributed by atoms with E-state index >= 15 is 0 Å². The number of aryl methyl sites for hydroxylation is 1. The molecule has 0 aliphatic carbocycles. The van der Waals surface area contributed by atoms with Gasteiger partial charge < -0.3 is 10.6 Å². The maximum atomic E-state index is 12.3. The van der Waals surface area contributed by atoms with Crippen LogP contribution < -0.4 is 10.6 Å². The molecule has 19 heavy (non-hydrogen) atoms. The van der Waals surface area contributed by atoms with Crippen molar-refractivity contribution >= 4 is 11.7 Å². The van der Waals surface area contributed by atoms with Gasteiger partial charge in [-0.3, -0.25) is 9.79 Å². The predicted octanol–water partition coefficient (Wildman–Crippen LogP) is 1.30. The van der Waals surface area contributed by atoms with E-state index in [1.807, 2.05) is 12.1 Å². The average Bonchev–Trinajstić information content (AvgIpc) is 2.71. The first-order valence-electron chi connectivity index (χ1n) is 6.81. The second-order valence-electron chi connectivity index (χ2n) is 5.44. The lowest BCUT2D eigenvalue weighted by Crippen LogP contribution is -2.47. The minimum Gasteiger partial charge on any atom is -0.317 e. The largest absolute Gasteiger partial charge is 0.317 e. The van der Waals surface area contributed by atoms with Gasteiger partial charge in [0, 0.05) is 5.56 Å². The minimum atomic E-state index is -0.531. The number of piperidine rings is 1. The highest BCUT2D eigenvalue weighted by molar-refractivity contribution is 6.16. The van der Waals surface area contributed by atoms with Crippen LogP contribution in [-0.2, 0) is 4.79 Å². The van der Waals surface area contributed by atoms with E-state index in [1.54, 1.807) is 0 Å². The Balaban J connectivity index is 2.00. The van der Waals surface area contributed by atoms with Crippen LogP contribution in [0.3, 0.4) is 0 Å². The molecule has 1 spiro atoms. The number of amidine groups is 1. The molecule has 0 radical (unpaired) electrons. The Morgan fingerprint density at radius 1 is 1.21 bits per heavy atom. The lowest BCUT2D eigenvalue weighted by atomic mass is 9.89. The van der Waals surface area contributed by atoms with Gasteiger partial charge in [0.2, 0.25) is 0 Å². The number of carbonyl (C=O) groups excluding carboxylic acids is 1. The molecule has 1 aromatic carbocycles. The van der Waals surface area contributed by atoms with Crippen molar-refractivity contribution in [1.29, 1.82) is 0 Å². The Labute approximate surface area is 113 Å². The van der Waals surface area contributed by atoms with Crippen molar-refractivity contribution in [3.05, 3.63) is 34.9 Å². The van der Waals surface area contributed by atoms with Gasteiger partial charge in [-0.05, 0) is 50.9 Å². The van der Waals surface area contributed by atoms with Gasteiger partial charge in [-0.1, -0.05) is 18.2 Å². The third-order valence-electron chi connectivity index (χ3n) is 4.27. The molecule has 1 aromatic rings. The SMILES string of the molecule is Cc1cccc(C2=NC3(CCNCC3)C(=O)N2)c1C. The molecule has 2 N–H and O–H groups in total. The minimum absolute atomic E-state index is 0.0601. The van der Waals surface area contributed by atoms with Crippen molar-refractivity contribution in [3.63, 3.8) is 0 Å². The summed E-state index contributed by atoms with van der Waals surface area (Å²) in [6, 6.07) is 6.12. The molecule has 0 unspecified atom stereocenters. The second kappa shape index (κ2) is 4.46. The molecular weight excluding hydrogens is 238 g/mol. The summed E-state index contributed by atoms with van der Waals surface area (Å²) in [6.07, 6.45) is 1.57. The van der Waals surface area contributed by atoms with Crippen molar-refractivity contribution in [2.45, 2.75) is 32.2 Å². The first-order chi connectivity index (χ1) is 9.12. The quantitative estimate of drug-likeness (QED) is 0.797. The fourth-order valence-electron chi connectivity index (χ4n) is 2.83. The van der Waals surface area contributed by atoms with Crippen LogP contribution in [-0.4, -0.2) is 30.4 Å². The van der Waals surface area contributed by atoms with E-state index < -0.39 is 5.54 Å². The molecule has 2 aliphatic heterocycles. The van der Waals surface area contributed by atoms with Gasteiger partial charge in [0.25, 0.3) is 5.91 Å². The summed E-state index contributed by atoms with van der Waals surface area (Å²) < 4.78 is 0. The normalized spacial score (nSPS) is 21.4. The molecule has 0 bridgehead atoms. The van der Waals surface area contributed by atoms with Crippen LogP contribution in [0, 0.1) is 13.8 Å². The van der Waals surface area contributed by atoms with Crippen LogP contribution in [0.2, 0.25) is 0 Å². The number of carbonyl (C=O) groups is 1. The highest BCUT2D eigenvalue weighted by atomic mass is 16.2. The maximum Gasteiger partial charge on any atom is 0.253 e. The van der Waals surface area contributed by atoms with E-state index in [9.17, 15) is 4.79 Å². The summed E-state index contributed by atoms with van der Waals surface area (Å²) in [4.78, 5) is 17.0. The van der Waals surface area contributed by atoms with Crippen LogP contribution in [0.4, 0.5) is 0 Å². The van der Waals surface area contributed by atoms with Gasteiger partial charge in [-0.15, -0.1) is 0 Å². The molecule has 1 fully saturated rings. The molecular formula is C15H19N3O. The zero-order valence-corrected chi connectivity index (χ0v) is 11.4. The lowest BCUT2D eigenvalue weighted by Gasteiger charge is -2.28. The van der Waals surface area contributed by atoms with Gasteiger partial charge in [0.1, 0.15) is 11.4 Å². The summed E-state index contributed by atoms with van der Waals surface area (Å²) in [5.74, 6) is 0.804. The van der Waals surface area contributed by atoms with Crippen molar-refractivity contribution in [3.8, 4) is 0 Å². The summed E-state index contributed by atoms with van der Waals surface area (Å²) in [7, 11) is 0. The lowest BCUT2D eigenvalue weighted by molar-refractivity contribution is -0.124. The van der Waals surface area contributed by atoms with E-state index in [0.29, 0.717) is 0 Å². The Kier molecular flexibility index (Phi) is 2.90. The molecule has 3 rings (SSSR count). The van der Waals surface area contributed by atoms with E-state index in [1.165, 1.54) is 11.1 Å². The van der Waals surface area contributed by atoms with E-state index in [0.717, 1.165) is 37.3 Å². The Morgan fingerprint density at radius 3 is 2.68 bits per heavy atom. The predicted molar refractivity (Wildman–Crippen MR) is 75.4 cm³/mol. The van der Waals surface area contributed by atoms with E-state index in [2.05, 4.69) is 30.5 Å². The zero-order valence-electron chi connectivity index (χ0n) is 11.4. The van der Waals surface area contributed by atoms with Crippen LogP contribution in [0.5, 0.6) is 0 Å². The number of aliphatic imine (C=N–C) groups is 1. The average molecular weight is 257 g/mol. The number of rotatable bonds is 1. The standard InChI is InChI=1S/C15H19N3O/c1-10-4-3-5-12(11(10)2)13-17-14(19)15(18-13)6-8-16-9-7-15/h3-5,16H,6-9H2,1-2H3,(H,17,18,19). The van der Waals surface area contributed by atoms with Crippen LogP contribution in [0.1, 0.15) is 29.5 Å². The van der Waals surface area contributed by atoms with Gasteiger partial charge in [-0.25, -0.2) is 0 Å². The number of hydrogen-bond acceptors (Lipinski definition) is 3. The first-order valence-corrected chi connectivity index (χ1v) is 6.81. The second-order valence-corrected chi connectivity index (χ2v) is 5.44. The number of benzene rings is 1. The molecule has 1 amide bonds. The molecule has 4 nitrogen and oxygen atoms in total. The third-order valence-corrected chi connectivity index (χ3v) is 4.27. The van der Waals surface area contributed by atoms with Crippen LogP contribution >= 0.6 is 0 Å². The van der Waals surface area contributed by atoms with Crippen LogP contribution in [0.15, 0.2) is 23.2 Å². The fourth-order valence-corrected chi connectivity index (χ4v) is 2.83. The maximum absolute atomic E-state index is 12.3. The number of nitrogens with zero attached hydrogens (tertiary/aromatic N) is 1. The van der Waals surface area contributed by atoms with Gasteiger partial charge in [0.05, 0.1) is 0 Å². The topological polar surface area (TPSA) is 53.5 Å². The summed E-state index contributed by atoms with van der Waals surface area (Å²) in [6.45, 7) is 5.87. The molecule has 2 heterocycles. The molecule has 0 atom stereocenters. The molecule has 100 valence electrons. The molecule has 1 saturated heterocycles. The number of nitrogens with one attached hydrogen (secondary N) is 2. The third kappa shape index (κ3) is 1.96. The number of hydrogen-bond donors (Lipinski definition) is 2. The van der Waals surface area contributed by atoms with Crippen molar-refractivity contribution in [2.75, 3.05) is 13.1 Å². The fraction of sp³-hybridized carbons (Fsp3) is 0.467. The van der Waals surface area contributed by atoms with E-state index in [4.69, 9.17) is 4.99 Å². The molecule has 0 saturated carbocycles. The van der Waals surface area contributed by atoms with E-state index in [-0.39, 0.29) is 5.91 Å². The zero-order chi connectivity index (χ0) is 13.5. The molecule has 2 aliphatic rings. The highest BCUT2D eigenvalue weighted by Gasteiger charge is 2.44. The van der Waals surface area contributed by atoms with Gasteiger partial charge in [0.15, 0.2) is 0 Å². The van der Waals surface area contributed by atoms with Crippen molar-refractivity contribution < 1.29 is 4.79 Å². The summed E-state index contributed by atoms with van der Waals surface area (Å²) in [5, 5.41) is 6.26.